The number of unbranched alkanes of at least 4 members (excludes halogenated alkanes) is 4. The number of allylic oxidation sites excluding steroid dienone is 8. The Balaban J connectivity index is 1.98. The fourth-order valence-corrected chi connectivity index (χ4v) is 2.71. The molecule has 0 saturated heterocycles. The summed E-state index contributed by atoms with van der Waals surface area (Å²) in [7, 11) is 0. The molecule has 0 spiro atoms. The highest BCUT2D eigenvalue weighted by atomic mass is 16.3. The maximum absolute atomic E-state index is 11.8. The maximum atomic E-state index is 11.8. The van der Waals surface area contributed by atoms with Gasteiger partial charge in [-0.05, 0) is 69.2 Å². The van der Waals surface area contributed by atoms with Crippen LogP contribution in [-0.2, 0) is 4.79 Å². The van der Waals surface area contributed by atoms with Crippen LogP contribution in [0.2, 0.25) is 0 Å². The quantitative estimate of drug-likeness (QED) is 0.184. The van der Waals surface area contributed by atoms with Gasteiger partial charge in [0, 0.05) is 12.1 Å². The number of rotatable bonds is 15. The minimum Gasteiger partial charge on any atom is -0.508 e. The zero-order valence-electron chi connectivity index (χ0n) is 17.9. The number of aromatic hydroxyl groups is 1. The van der Waals surface area contributed by atoms with E-state index in [4.69, 9.17) is 0 Å². The third kappa shape index (κ3) is 15.1. The minimum absolute atomic E-state index is 0.00609. The van der Waals surface area contributed by atoms with E-state index in [-0.39, 0.29) is 11.7 Å². The Morgan fingerprint density at radius 1 is 0.793 bits per heavy atom. The van der Waals surface area contributed by atoms with Crippen molar-refractivity contribution in [1.82, 2.24) is 0 Å². The lowest BCUT2D eigenvalue weighted by Gasteiger charge is -2.04. The third-order valence-electron chi connectivity index (χ3n) is 4.38. The van der Waals surface area contributed by atoms with E-state index in [0.717, 1.165) is 32.1 Å². The summed E-state index contributed by atoms with van der Waals surface area (Å²) in [5, 5.41) is 12.1. The molecule has 0 aliphatic rings. The van der Waals surface area contributed by atoms with Crippen molar-refractivity contribution in [3.05, 3.63) is 72.9 Å². The van der Waals surface area contributed by atoms with Crippen molar-refractivity contribution in [3.8, 4) is 5.75 Å². The van der Waals surface area contributed by atoms with Crippen LogP contribution < -0.4 is 5.32 Å². The van der Waals surface area contributed by atoms with E-state index in [9.17, 15) is 9.90 Å². The molecule has 0 unspecified atom stereocenters. The van der Waals surface area contributed by atoms with Crippen LogP contribution >= 0.6 is 0 Å². The second-order valence-corrected chi connectivity index (χ2v) is 7.08. The molecule has 3 nitrogen and oxygen atoms in total. The van der Waals surface area contributed by atoms with Gasteiger partial charge in [0.05, 0.1) is 0 Å². The van der Waals surface area contributed by atoms with Gasteiger partial charge >= 0.3 is 0 Å². The summed E-state index contributed by atoms with van der Waals surface area (Å²) >= 11 is 0. The van der Waals surface area contributed by atoms with Crippen LogP contribution in [0, 0.1) is 0 Å². The molecule has 1 rings (SSSR count). The van der Waals surface area contributed by atoms with Gasteiger partial charge in [0.25, 0.3) is 0 Å². The van der Waals surface area contributed by atoms with Crippen LogP contribution in [0.25, 0.3) is 0 Å². The Bertz CT molecular complexity index is 654. The molecule has 158 valence electrons. The van der Waals surface area contributed by atoms with Crippen LogP contribution in [0.15, 0.2) is 72.9 Å². The number of carbonyl (C=O) groups excluding carboxylic acids is 1. The van der Waals surface area contributed by atoms with Crippen LogP contribution in [0.3, 0.4) is 0 Å². The van der Waals surface area contributed by atoms with Crippen molar-refractivity contribution >= 4 is 11.6 Å². The highest BCUT2D eigenvalue weighted by Crippen LogP contribution is 2.14. The van der Waals surface area contributed by atoms with Crippen LogP contribution in [0.1, 0.15) is 71.1 Å². The molecular weight excluding hydrogens is 358 g/mol. The summed E-state index contributed by atoms with van der Waals surface area (Å²) in [6.07, 6.45) is 27.9. The maximum Gasteiger partial charge on any atom is 0.224 e. The van der Waals surface area contributed by atoms with E-state index in [1.54, 1.807) is 24.3 Å². The number of anilines is 1. The number of amides is 1. The van der Waals surface area contributed by atoms with E-state index in [1.807, 2.05) is 0 Å². The Labute approximate surface area is 176 Å². The number of carbonyl (C=O) groups is 1. The van der Waals surface area contributed by atoms with E-state index in [1.165, 1.54) is 25.7 Å². The molecule has 1 aromatic rings. The first-order valence-corrected chi connectivity index (χ1v) is 10.9. The fourth-order valence-electron chi connectivity index (χ4n) is 2.71. The van der Waals surface area contributed by atoms with Crippen molar-refractivity contribution in [2.75, 3.05) is 5.32 Å². The summed E-state index contributed by atoms with van der Waals surface area (Å²) in [5.74, 6) is 0.204. The first-order valence-electron chi connectivity index (χ1n) is 10.9. The summed E-state index contributed by atoms with van der Waals surface area (Å²) in [6, 6.07) is 6.52. The molecule has 2 N–H and O–H groups in total. The van der Waals surface area contributed by atoms with Crippen molar-refractivity contribution in [2.24, 2.45) is 0 Å². The summed E-state index contributed by atoms with van der Waals surface area (Å²) < 4.78 is 0. The largest absolute Gasteiger partial charge is 0.508 e. The number of benzene rings is 1. The molecule has 0 bridgehead atoms. The molecule has 0 heterocycles. The second kappa shape index (κ2) is 17.5. The van der Waals surface area contributed by atoms with E-state index < -0.39 is 0 Å². The number of hydrogen-bond donors (Lipinski definition) is 2. The van der Waals surface area contributed by atoms with Crippen molar-refractivity contribution in [1.29, 1.82) is 0 Å². The van der Waals surface area contributed by atoms with Gasteiger partial charge in [-0.3, -0.25) is 4.79 Å². The van der Waals surface area contributed by atoms with Gasteiger partial charge in [-0.1, -0.05) is 68.4 Å². The monoisotopic (exact) mass is 395 g/mol. The van der Waals surface area contributed by atoms with Gasteiger partial charge in [-0.15, -0.1) is 0 Å². The zero-order chi connectivity index (χ0) is 21.0. The fraction of sp³-hybridized carbons (Fsp3) is 0.423. The van der Waals surface area contributed by atoms with Gasteiger partial charge in [0.15, 0.2) is 0 Å². The topological polar surface area (TPSA) is 49.3 Å². The van der Waals surface area contributed by atoms with Crippen LogP contribution in [0.4, 0.5) is 5.69 Å². The van der Waals surface area contributed by atoms with Gasteiger partial charge in [-0.25, -0.2) is 0 Å². The van der Waals surface area contributed by atoms with E-state index in [0.29, 0.717) is 12.1 Å². The van der Waals surface area contributed by atoms with Gasteiger partial charge in [0.1, 0.15) is 5.75 Å². The average Bonchev–Trinajstić information content (AvgIpc) is 2.72. The number of nitrogens with one attached hydrogen (secondary N) is 1. The molecular formula is C26H37NO2. The zero-order valence-corrected chi connectivity index (χ0v) is 17.9. The number of phenols is 1. The van der Waals surface area contributed by atoms with E-state index >= 15 is 0 Å². The smallest absolute Gasteiger partial charge is 0.224 e. The molecule has 1 aromatic carbocycles. The lowest BCUT2D eigenvalue weighted by Crippen LogP contribution is -2.10. The summed E-state index contributed by atoms with van der Waals surface area (Å²) in [6.45, 7) is 2.23. The molecule has 0 saturated carbocycles. The molecule has 29 heavy (non-hydrogen) atoms. The molecule has 0 aliphatic carbocycles. The average molecular weight is 396 g/mol. The normalized spacial score (nSPS) is 12.0. The Kier molecular flexibility index (Phi) is 14.8. The minimum atomic E-state index is 0.00609. The summed E-state index contributed by atoms with van der Waals surface area (Å²) in [5.41, 5.74) is 0.713. The standard InChI is InChI=1S/C26H37NO2/c1-2-3-4-5-6-7-8-9-10-11-12-13-14-15-16-17-18-19-26(29)27-24-20-22-25(28)23-21-24/h6-7,9-10,12-13,15-16,20-23,28H,2-5,8,11,14,17-19H2,1H3,(H,27,29)/b7-6+,10-9+,13-12+,16-15+. The van der Waals surface area contributed by atoms with Crippen LogP contribution in [0.5, 0.6) is 5.75 Å². The highest BCUT2D eigenvalue weighted by molar-refractivity contribution is 5.90. The lowest BCUT2D eigenvalue weighted by molar-refractivity contribution is -0.116. The van der Waals surface area contributed by atoms with Crippen LogP contribution in [-0.4, -0.2) is 11.0 Å². The first-order chi connectivity index (χ1) is 14.2. The predicted molar refractivity (Wildman–Crippen MR) is 125 cm³/mol. The van der Waals surface area contributed by atoms with Gasteiger partial charge in [-0.2, -0.15) is 0 Å². The van der Waals surface area contributed by atoms with Gasteiger partial charge < -0.3 is 10.4 Å². The number of phenolic OH excluding ortho intramolecular Hbond substituents is 1. The molecule has 0 atom stereocenters. The molecule has 1 amide bonds. The molecule has 3 heteroatoms. The van der Waals surface area contributed by atoms with E-state index in [2.05, 4.69) is 60.8 Å². The SMILES string of the molecule is CCCCC/C=C/C/C=C/C/C=C/C/C=C/CCCC(=O)Nc1ccc(O)cc1. The second-order valence-electron chi connectivity index (χ2n) is 7.08. The molecule has 0 aliphatic heterocycles. The summed E-state index contributed by atoms with van der Waals surface area (Å²) in [4.78, 5) is 11.8. The Hall–Kier alpha value is -2.55. The first kappa shape index (κ1) is 24.5. The van der Waals surface area contributed by atoms with Crippen molar-refractivity contribution in [2.45, 2.75) is 71.1 Å². The molecule has 0 radical (unpaired) electrons. The Morgan fingerprint density at radius 3 is 1.86 bits per heavy atom. The predicted octanol–water partition coefficient (Wildman–Crippen LogP) is 7.48. The Morgan fingerprint density at radius 2 is 1.31 bits per heavy atom. The highest BCUT2D eigenvalue weighted by Gasteiger charge is 2.01. The molecule has 0 aromatic heterocycles. The third-order valence-corrected chi connectivity index (χ3v) is 4.38. The number of hydrogen-bond acceptors (Lipinski definition) is 2. The lowest BCUT2D eigenvalue weighted by atomic mass is 10.2. The van der Waals surface area contributed by atoms with Gasteiger partial charge in [0.2, 0.25) is 5.91 Å². The van der Waals surface area contributed by atoms with Crippen molar-refractivity contribution in [3.63, 3.8) is 0 Å². The van der Waals surface area contributed by atoms with Crippen molar-refractivity contribution < 1.29 is 9.90 Å². The molecule has 0 fully saturated rings.